The first-order chi connectivity index (χ1) is 7.37. The number of amides is 1. The molecule has 0 spiro atoms. The van der Waals surface area contributed by atoms with E-state index in [0.29, 0.717) is 25.3 Å². The Morgan fingerprint density at radius 3 is 2.81 bits per heavy atom. The first-order valence-corrected chi connectivity index (χ1v) is 5.34. The van der Waals surface area contributed by atoms with Crippen molar-refractivity contribution in [3.05, 3.63) is 17.8 Å². The van der Waals surface area contributed by atoms with Crippen LogP contribution >= 0.6 is 0 Å². The lowest BCUT2D eigenvalue weighted by molar-refractivity contribution is -0.121. The SMILES string of the molecule is Cc1cnc(CNC(=O)CCC(C)(C)N)o1. The fraction of sp³-hybridized carbons (Fsp3) is 0.636. The zero-order valence-electron chi connectivity index (χ0n) is 10.0. The predicted molar refractivity (Wildman–Crippen MR) is 60.6 cm³/mol. The van der Waals surface area contributed by atoms with Crippen molar-refractivity contribution in [2.45, 2.75) is 45.7 Å². The number of nitrogens with one attached hydrogen (secondary N) is 1. The molecule has 0 aliphatic heterocycles. The second kappa shape index (κ2) is 5.12. The summed E-state index contributed by atoms with van der Waals surface area (Å²) in [5, 5.41) is 2.73. The number of oxazole rings is 1. The Morgan fingerprint density at radius 1 is 1.62 bits per heavy atom. The highest BCUT2D eigenvalue weighted by Crippen LogP contribution is 2.07. The molecule has 0 radical (unpaired) electrons. The molecule has 1 heterocycles. The highest BCUT2D eigenvalue weighted by atomic mass is 16.4. The first-order valence-electron chi connectivity index (χ1n) is 5.34. The number of aromatic nitrogens is 1. The second-order valence-electron chi connectivity index (χ2n) is 4.63. The molecule has 1 rings (SSSR count). The Morgan fingerprint density at radius 2 is 2.31 bits per heavy atom. The third kappa shape index (κ3) is 4.93. The number of rotatable bonds is 5. The van der Waals surface area contributed by atoms with E-state index in [4.69, 9.17) is 10.2 Å². The molecule has 0 saturated heterocycles. The van der Waals surface area contributed by atoms with Crippen molar-refractivity contribution in [2.75, 3.05) is 0 Å². The lowest BCUT2D eigenvalue weighted by Crippen LogP contribution is -2.34. The molecule has 5 heteroatoms. The number of hydrogen-bond donors (Lipinski definition) is 2. The standard InChI is InChI=1S/C11H19N3O2/c1-8-6-14-10(16-8)7-13-9(15)4-5-11(2,3)12/h6H,4-5,7,12H2,1-3H3,(H,13,15). The van der Waals surface area contributed by atoms with Crippen LogP contribution in [0.15, 0.2) is 10.6 Å². The maximum Gasteiger partial charge on any atom is 0.220 e. The van der Waals surface area contributed by atoms with Gasteiger partial charge in [-0.05, 0) is 27.2 Å². The fourth-order valence-corrected chi connectivity index (χ4v) is 1.18. The van der Waals surface area contributed by atoms with Gasteiger partial charge in [0.1, 0.15) is 5.76 Å². The summed E-state index contributed by atoms with van der Waals surface area (Å²) in [4.78, 5) is 15.4. The van der Waals surface area contributed by atoms with Crippen molar-refractivity contribution in [1.82, 2.24) is 10.3 Å². The molecular weight excluding hydrogens is 206 g/mol. The highest BCUT2D eigenvalue weighted by Gasteiger charge is 2.13. The van der Waals surface area contributed by atoms with Crippen LogP contribution < -0.4 is 11.1 Å². The maximum atomic E-state index is 11.4. The summed E-state index contributed by atoms with van der Waals surface area (Å²) in [5.41, 5.74) is 5.47. The van der Waals surface area contributed by atoms with Gasteiger partial charge < -0.3 is 15.5 Å². The average molecular weight is 225 g/mol. The quantitative estimate of drug-likeness (QED) is 0.786. The van der Waals surface area contributed by atoms with Crippen LogP contribution in [-0.4, -0.2) is 16.4 Å². The van der Waals surface area contributed by atoms with E-state index in [1.165, 1.54) is 0 Å². The molecule has 0 aliphatic carbocycles. The van der Waals surface area contributed by atoms with Crippen LogP contribution in [0.1, 0.15) is 38.3 Å². The van der Waals surface area contributed by atoms with Crippen LogP contribution in [0.5, 0.6) is 0 Å². The minimum atomic E-state index is -0.309. The zero-order chi connectivity index (χ0) is 12.2. The summed E-state index contributed by atoms with van der Waals surface area (Å²) in [6.07, 6.45) is 2.71. The van der Waals surface area contributed by atoms with Gasteiger partial charge >= 0.3 is 0 Å². The van der Waals surface area contributed by atoms with E-state index < -0.39 is 0 Å². The summed E-state index contributed by atoms with van der Waals surface area (Å²) >= 11 is 0. The first kappa shape index (κ1) is 12.7. The van der Waals surface area contributed by atoms with Crippen LogP contribution in [0, 0.1) is 6.92 Å². The van der Waals surface area contributed by atoms with Gasteiger partial charge in [-0.15, -0.1) is 0 Å². The summed E-state index contributed by atoms with van der Waals surface area (Å²) in [6, 6.07) is 0. The molecule has 0 aromatic carbocycles. The summed E-state index contributed by atoms with van der Waals surface area (Å²) in [7, 11) is 0. The summed E-state index contributed by atoms with van der Waals surface area (Å²) in [6.45, 7) is 5.95. The smallest absolute Gasteiger partial charge is 0.220 e. The van der Waals surface area contributed by atoms with E-state index in [1.54, 1.807) is 6.20 Å². The largest absolute Gasteiger partial charge is 0.444 e. The van der Waals surface area contributed by atoms with Gasteiger partial charge in [0.25, 0.3) is 0 Å². The molecule has 1 amide bonds. The number of nitrogens with zero attached hydrogens (tertiary/aromatic N) is 1. The molecule has 0 aliphatic rings. The van der Waals surface area contributed by atoms with E-state index in [2.05, 4.69) is 10.3 Å². The van der Waals surface area contributed by atoms with Gasteiger partial charge in [-0.1, -0.05) is 0 Å². The molecule has 0 fully saturated rings. The van der Waals surface area contributed by atoms with Crippen molar-refractivity contribution >= 4 is 5.91 Å². The van der Waals surface area contributed by atoms with Crippen molar-refractivity contribution in [3.8, 4) is 0 Å². The minimum absolute atomic E-state index is 0.0330. The van der Waals surface area contributed by atoms with Crippen molar-refractivity contribution in [3.63, 3.8) is 0 Å². The summed E-state index contributed by atoms with van der Waals surface area (Å²) in [5.74, 6) is 1.24. The molecule has 1 aromatic heterocycles. The van der Waals surface area contributed by atoms with Gasteiger partial charge in [-0.2, -0.15) is 0 Å². The number of hydrogen-bond acceptors (Lipinski definition) is 4. The monoisotopic (exact) mass is 225 g/mol. The lowest BCUT2D eigenvalue weighted by atomic mass is 10.00. The van der Waals surface area contributed by atoms with E-state index in [9.17, 15) is 4.79 Å². The second-order valence-corrected chi connectivity index (χ2v) is 4.63. The average Bonchev–Trinajstić information content (AvgIpc) is 2.57. The molecular formula is C11H19N3O2. The van der Waals surface area contributed by atoms with Gasteiger partial charge in [0.05, 0.1) is 12.7 Å². The van der Waals surface area contributed by atoms with Crippen molar-refractivity contribution in [2.24, 2.45) is 5.73 Å². The Labute approximate surface area is 95.4 Å². The maximum absolute atomic E-state index is 11.4. The van der Waals surface area contributed by atoms with Crippen molar-refractivity contribution in [1.29, 1.82) is 0 Å². The van der Waals surface area contributed by atoms with Gasteiger partial charge in [-0.3, -0.25) is 4.79 Å². The molecule has 90 valence electrons. The van der Waals surface area contributed by atoms with Gasteiger partial charge in [0.2, 0.25) is 11.8 Å². The highest BCUT2D eigenvalue weighted by molar-refractivity contribution is 5.75. The minimum Gasteiger partial charge on any atom is -0.444 e. The van der Waals surface area contributed by atoms with Crippen LogP contribution in [0.3, 0.4) is 0 Å². The molecule has 0 saturated carbocycles. The Balaban J connectivity index is 2.25. The van der Waals surface area contributed by atoms with Crippen molar-refractivity contribution < 1.29 is 9.21 Å². The number of nitrogens with two attached hydrogens (primary N) is 1. The molecule has 1 aromatic rings. The molecule has 0 unspecified atom stereocenters. The number of aryl methyl sites for hydroxylation is 1. The Bertz CT molecular complexity index is 352. The zero-order valence-corrected chi connectivity index (χ0v) is 10.0. The van der Waals surface area contributed by atoms with E-state index in [-0.39, 0.29) is 11.4 Å². The van der Waals surface area contributed by atoms with Gasteiger partial charge in [0.15, 0.2) is 0 Å². The molecule has 3 N–H and O–H groups in total. The topological polar surface area (TPSA) is 81.2 Å². The Kier molecular flexibility index (Phi) is 4.06. The number of carbonyl (C=O) groups excluding carboxylic acids is 1. The van der Waals surface area contributed by atoms with E-state index in [1.807, 2.05) is 20.8 Å². The van der Waals surface area contributed by atoms with E-state index in [0.717, 1.165) is 5.76 Å². The molecule has 0 bridgehead atoms. The fourth-order valence-electron chi connectivity index (χ4n) is 1.18. The normalized spacial score (nSPS) is 11.5. The molecule has 5 nitrogen and oxygen atoms in total. The third-order valence-electron chi connectivity index (χ3n) is 2.10. The third-order valence-corrected chi connectivity index (χ3v) is 2.10. The Hall–Kier alpha value is -1.36. The predicted octanol–water partition coefficient (Wildman–Crippen LogP) is 1.12. The summed E-state index contributed by atoms with van der Waals surface area (Å²) < 4.78 is 5.23. The van der Waals surface area contributed by atoms with E-state index >= 15 is 0 Å². The van der Waals surface area contributed by atoms with Gasteiger partial charge in [-0.25, -0.2) is 4.98 Å². The lowest BCUT2D eigenvalue weighted by Gasteiger charge is -2.17. The molecule has 0 atom stereocenters. The van der Waals surface area contributed by atoms with Gasteiger partial charge in [0, 0.05) is 12.0 Å². The van der Waals surface area contributed by atoms with Crippen LogP contribution in [0.4, 0.5) is 0 Å². The number of carbonyl (C=O) groups is 1. The van der Waals surface area contributed by atoms with Crippen LogP contribution in [0.25, 0.3) is 0 Å². The molecule has 16 heavy (non-hydrogen) atoms. The van der Waals surface area contributed by atoms with Crippen LogP contribution in [-0.2, 0) is 11.3 Å². The van der Waals surface area contributed by atoms with Crippen LogP contribution in [0.2, 0.25) is 0 Å².